The van der Waals surface area contributed by atoms with E-state index < -0.39 is 22.5 Å². The van der Waals surface area contributed by atoms with Crippen molar-refractivity contribution in [1.29, 1.82) is 5.26 Å². The number of rotatable bonds is 4. The van der Waals surface area contributed by atoms with Crippen molar-refractivity contribution in [3.05, 3.63) is 30.1 Å². The van der Waals surface area contributed by atoms with E-state index in [0.717, 1.165) is 0 Å². The number of nitrogens with one attached hydrogen (secondary N) is 1. The van der Waals surface area contributed by atoms with E-state index in [-0.39, 0.29) is 12.3 Å². The van der Waals surface area contributed by atoms with E-state index in [2.05, 4.69) is 5.32 Å². The molecule has 0 bridgehead atoms. The number of carbonyl (C=O) groups excluding carboxylic acids is 1. The minimum atomic E-state index is -1.51. The largest absolute Gasteiger partial charge is 0.342 e. The van der Waals surface area contributed by atoms with Crippen molar-refractivity contribution < 1.29 is 13.4 Å². The van der Waals surface area contributed by atoms with Gasteiger partial charge >= 0.3 is 0 Å². The van der Waals surface area contributed by atoms with Crippen LogP contribution in [0.4, 0.5) is 4.39 Å². The van der Waals surface area contributed by atoms with Gasteiger partial charge in [-0.2, -0.15) is 5.26 Å². The summed E-state index contributed by atoms with van der Waals surface area (Å²) in [6.45, 7) is -0.112. The van der Waals surface area contributed by atoms with Crippen molar-refractivity contribution in [1.82, 2.24) is 5.32 Å². The smallest absolute Gasteiger partial charge is 0.233 e. The Morgan fingerprint density at radius 1 is 1.44 bits per heavy atom. The molecule has 0 aliphatic rings. The minimum Gasteiger partial charge on any atom is -0.342 e. The van der Waals surface area contributed by atoms with Gasteiger partial charge in [0.05, 0.1) is 16.9 Å². The lowest BCUT2D eigenvalue weighted by Gasteiger charge is -2.01. The Morgan fingerprint density at radius 2 is 2.06 bits per heavy atom. The summed E-state index contributed by atoms with van der Waals surface area (Å²) < 4.78 is 24.1. The summed E-state index contributed by atoms with van der Waals surface area (Å²) in [5, 5.41) is 10.5. The molecule has 0 aliphatic heterocycles. The van der Waals surface area contributed by atoms with Gasteiger partial charge in [-0.15, -0.1) is 0 Å². The molecule has 4 nitrogen and oxygen atoms in total. The fourth-order valence-corrected chi connectivity index (χ4v) is 1.92. The summed E-state index contributed by atoms with van der Waals surface area (Å²) in [5.41, 5.74) is 0. The zero-order valence-corrected chi connectivity index (χ0v) is 9.09. The molecule has 0 saturated heterocycles. The van der Waals surface area contributed by atoms with Crippen molar-refractivity contribution in [3.8, 4) is 6.07 Å². The second kappa shape index (κ2) is 5.98. The van der Waals surface area contributed by atoms with Crippen molar-refractivity contribution in [3.63, 3.8) is 0 Å². The maximum absolute atomic E-state index is 12.6. The molecule has 0 fully saturated rings. The van der Waals surface area contributed by atoms with E-state index in [0.29, 0.717) is 4.90 Å². The predicted octanol–water partition coefficient (Wildman–Crippen LogP) is 0.573. The molecule has 0 saturated carbocycles. The highest BCUT2D eigenvalue weighted by molar-refractivity contribution is 7.85. The Morgan fingerprint density at radius 3 is 2.62 bits per heavy atom. The van der Waals surface area contributed by atoms with E-state index in [9.17, 15) is 13.4 Å². The van der Waals surface area contributed by atoms with E-state index in [1.54, 1.807) is 6.07 Å². The molecule has 0 radical (unpaired) electrons. The van der Waals surface area contributed by atoms with Crippen LogP contribution in [0.2, 0.25) is 0 Å². The average Bonchev–Trinajstić information content (AvgIpc) is 2.27. The Hall–Kier alpha value is -1.74. The standard InChI is InChI=1S/C10H9FN2O2S/c11-8-1-3-9(4-2-8)16(15)7-10(14)13-6-5-12/h1-4H,6-7H2,(H,13,14). The number of nitriles is 1. The molecule has 1 aromatic carbocycles. The lowest BCUT2D eigenvalue weighted by atomic mass is 10.4. The van der Waals surface area contributed by atoms with Crippen LogP contribution in [0.15, 0.2) is 29.2 Å². The monoisotopic (exact) mass is 240 g/mol. The molecule has 1 rings (SSSR count). The lowest BCUT2D eigenvalue weighted by Crippen LogP contribution is -2.28. The quantitative estimate of drug-likeness (QED) is 0.782. The average molecular weight is 240 g/mol. The van der Waals surface area contributed by atoms with Gasteiger partial charge in [-0.25, -0.2) is 4.39 Å². The van der Waals surface area contributed by atoms with Gasteiger partial charge in [0.2, 0.25) is 5.91 Å². The number of benzene rings is 1. The Labute approximate surface area is 94.5 Å². The minimum absolute atomic E-state index is 0.112. The topological polar surface area (TPSA) is 70.0 Å². The third-order valence-corrected chi connectivity index (χ3v) is 3.03. The van der Waals surface area contributed by atoms with Crippen LogP contribution in [0.1, 0.15) is 0 Å². The fraction of sp³-hybridized carbons (Fsp3) is 0.200. The van der Waals surface area contributed by atoms with Crippen molar-refractivity contribution in [2.45, 2.75) is 4.90 Å². The Bertz CT molecular complexity index is 439. The molecule has 1 N–H and O–H groups in total. The van der Waals surface area contributed by atoms with Gasteiger partial charge in [0.15, 0.2) is 0 Å². The molecule has 1 atom stereocenters. The first-order chi connectivity index (χ1) is 7.63. The molecule has 1 amide bonds. The van der Waals surface area contributed by atoms with Gasteiger partial charge in [-0.3, -0.25) is 9.00 Å². The molecule has 16 heavy (non-hydrogen) atoms. The van der Waals surface area contributed by atoms with E-state index in [4.69, 9.17) is 5.26 Å². The van der Waals surface area contributed by atoms with Crippen LogP contribution in [-0.4, -0.2) is 22.4 Å². The second-order valence-corrected chi connectivity index (χ2v) is 4.33. The van der Waals surface area contributed by atoms with Crippen LogP contribution >= 0.6 is 0 Å². The van der Waals surface area contributed by atoms with E-state index in [1.807, 2.05) is 0 Å². The van der Waals surface area contributed by atoms with Crippen molar-refractivity contribution >= 4 is 16.7 Å². The fourth-order valence-electron chi connectivity index (χ4n) is 0.978. The van der Waals surface area contributed by atoms with Crippen LogP contribution in [0.3, 0.4) is 0 Å². The molecule has 6 heteroatoms. The summed E-state index contributed by atoms with van der Waals surface area (Å²) in [6, 6.07) is 6.83. The zero-order valence-electron chi connectivity index (χ0n) is 8.27. The third-order valence-electron chi connectivity index (χ3n) is 1.70. The molecule has 0 spiro atoms. The van der Waals surface area contributed by atoms with Gasteiger partial charge in [0.1, 0.15) is 18.1 Å². The molecule has 0 aromatic heterocycles. The first-order valence-corrected chi connectivity index (χ1v) is 5.73. The van der Waals surface area contributed by atoms with Gasteiger partial charge in [0.25, 0.3) is 0 Å². The number of hydrogen-bond donors (Lipinski definition) is 1. The van der Waals surface area contributed by atoms with Crippen LogP contribution in [-0.2, 0) is 15.6 Å². The van der Waals surface area contributed by atoms with Gasteiger partial charge in [0, 0.05) is 4.90 Å². The number of amides is 1. The van der Waals surface area contributed by atoms with Crippen LogP contribution < -0.4 is 5.32 Å². The highest BCUT2D eigenvalue weighted by Gasteiger charge is 2.09. The number of carbonyl (C=O) groups is 1. The Balaban J connectivity index is 2.56. The molecule has 0 heterocycles. The molecule has 84 valence electrons. The van der Waals surface area contributed by atoms with Crippen LogP contribution in [0, 0.1) is 17.1 Å². The highest BCUT2D eigenvalue weighted by atomic mass is 32.2. The first kappa shape index (κ1) is 12.3. The summed E-state index contributed by atoms with van der Waals surface area (Å²) in [5.74, 6) is -1.12. The number of hydrogen-bond acceptors (Lipinski definition) is 3. The van der Waals surface area contributed by atoms with Gasteiger partial charge in [-0.05, 0) is 24.3 Å². The van der Waals surface area contributed by atoms with E-state index >= 15 is 0 Å². The molecule has 1 aromatic rings. The second-order valence-electron chi connectivity index (χ2n) is 2.88. The maximum atomic E-state index is 12.6. The maximum Gasteiger partial charge on any atom is 0.233 e. The number of nitrogens with zero attached hydrogens (tertiary/aromatic N) is 1. The summed E-state index contributed by atoms with van der Waals surface area (Å²) in [6.07, 6.45) is 0. The lowest BCUT2D eigenvalue weighted by molar-refractivity contribution is -0.118. The van der Waals surface area contributed by atoms with Crippen molar-refractivity contribution in [2.75, 3.05) is 12.3 Å². The SMILES string of the molecule is N#CCNC(=O)CS(=O)c1ccc(F)cc1. The summed E-state index contributed by atoms with van der Waals surface area (Å²) in [7, 11) is -1.51. The summed E-state index contributed by atoms with van der Waals surface area (Å²) >= 11 is 0. The van der Waals surface area contributed by atoms with Crippen LogP contribution in [0.25, 0.3) is 0 Å². The first-order valence-electron chi connectivity index (χ1n) is 4.41. The molecular formula is C10H9FN2O2S. The van der Waals surface area contributed by atoms with Gasteiger partial charge < -0.3 is 5.32 Å². The van der Waals surface area contributed by atoms with E-state index in [1.165, 1.54) is 24.3 Å². The molecule has 1 unspecified atom stereocenters. The third kappa shape index (κ3) is 3.79. The molecular weight excluding hydrogens is 231 g/mol. The van der Waals surface area contributed by atoms with Crippen LogP contribution in [0.5, 0.6) is 0 Å². The Kier molecular flexibility index (Phi) is 4.61. The normalized spacial score (nSPS) is 11.5. The predicted molar refractivity (Wildman–Crippen MR) is 56.3 cm³/mol. The number of halogens is 1. The summed E-state index contributed by atoms with van der Waals surface area (Å²) in [4.78, 5) is 11.5. The van der Waals surface area contributed by atoms with Crippen molar-refractivity contribution in [2.24, 2.45) is 0 Å². The highest BCUT2D eigenvalue weighted by Crippen LogP contribution is 2.07. The molecule has 0 aliphatic carbocycles. The van der Waals surface area contributed by atoms with Gasteiger partial charge in [-0.1, -0.05) is 0 Å². The zero-order chi connectivity index (χ0) is 12.0.